The Morgan fingerprint density at radius 1 is 0.737 bits per heavy atom. The Labute approximate surface area is 119 Å². The van der Waals surface area contributed by atoms with E-state index < -0.39 is 0 Å². The number of benzene rings is 2. The third-order valence-electron chi connectivity index (χ3n) is 2.61. The van der Waals surface area contributed by atoms with Crippen LogP contribution in [0.1, 0.15) is 0 Å². The largest absolute Gasteiger partial charge is 0.416 e. The molecule has 0 saturated heterocycles. The summed E-state index contributed by atoms with van der Waals surface area (Å²) >= 11 is 11.8. The maximum absolute atomic E-state index is 5.97. The lowest BCUT2D eigenvalue weighted by molar-refractivity contribution is 0.584. The van der Waals surface area contributed by atoms with Gasteiger partial charge in [-0.3, -0.25) is 0 Å². The number of aromatic nitrogens is 2. The lowest BCUT2D eigenvalue weighted by Gasteiger charge is -1.98. The van der Waals surface area contributed by atoms with Crippen LogP contribution in [-0.2, 0) is 0 Å². The molecule has 2 aromatic carbocycles. The number of rotatable bonds is 2. The van der Waals surface area contributed by atoms with E-state index in [-0.39, 0.29) is 0 Å². The summed E-state index contributed by atoms with van der Waals surface area (Å²) in [6.07, 6.45) is 0. The van der Waals surface area contributed by atoms with Gasteiger partial charge in [0.05, 0.1) is 10.0 Å². The van der Waals surface area contributed by atoms with Gasteiger partial charge in [0, 0.05) is 11.1 Å². The van der Waals surface area contributed by atoms with Crippen LogP contribution in [0.25, 0.3) is 22.9 Å². The minimum absolute atomic E-state index is 0.414. The van der Waals surface area contributed by atoms with Crippen molar-refractivity contribution in [2.75, 3.05) is 0 Å². The fraction of sp³-hybridized carbons (Fsp3) is 0. The highest BCUT2D eigenvalue weighted by Gasteiger charge is 2.11. The van der Waals surface area contributed by atoms with E-state index in [0.29, 0.717) is 21.8 Å². The average molecular weight is 291 g/mol. The summed E-state index contributed by atoms with van der Waals surface area (Å²) in [4.78, 5) is 0. The first-order valence-electron chi connectivity index (χ1n) is 5.58. The predicted molar refractivity (Wildman–Crippen MR) is 75.2 cm³/mol. The fourth-order valence-electron chi connectivity index (χ4n) is 1.67. The molecule has 0 aliphatic carbocycles. The highest BCUT2D eigenvalue weighted by atomic mass is 35.5. The van der Waals surface area contributed by atoms with Gasteiger partial charge in [0.2, 0.25) is 11.8 Å². The van der Waals surface area contributed by atoms with E-state index in [2.05, 4.69) is 10.2 Å². The summed E-state index contributed by atoms with van der Waals surface area (Å²) < 4.78 is 5.63. The molecule has 0 fully saturated rings. The van der Waals surface area contributed by atoms with Crippen molar-refractivity contribution in [1.29, 1.82) is 0 Å². The van der Waals surface area contributed by atoms with Crippen molar-refractivity contribution >= 4 is 23.2 Å². The lowest BCUT2D eigenvalue weighted by Crippen LogP contribution is -1.78. The topological polar surface area (TPSA) is 38.9 Å². The summed E-state index contributed by atoms with van der Waals surface area (Å²) in [6.45, 7) is 0. The first kappa shape index (κ1) is 12.2. The van der Waals surface area contributed by atoms with Crippen LogP contribution in [0.2, 0.25) is 10.0 Å². The molecule has 0 amide bonds. The van der Waals surface area contributed by atoms with Gasteiger partial charge in [0.15, 0.2) is 0 Å². The van der Waals surface area contributed by atoms with Crippen molar-refractivity contribution in [3.05, 3.63) is 58.6 Å². The Morgan fingerprint density at radius 3 is 2.11 bits per heavy atom. The van der Waals surface area contributed by atoms with E-state index >= 15 is 0 Å². The highest BCUT2D eigenvalue weighted by molar-refractivity contribution is 6.42. The summed E-state index contributed by atoms with van der Waals surface area (Å²) in [7, 11) is 0. The van der Waals surface area contributed by atoms with Crippen LogP contribution in [0.5, 0.6) is 0 Å². The molecule has 3 aromatic rings. The van der Waals surface area contributed by atoms with Crippen molar-refractivity contribution in [3.63, 3.8) is 0 Å². The molecule has 1 aromatic heterocycles. The number of halogens is 2. The summed E-state index contributed by atoms with van der Waals surface area (Å²) in [5.74, 6) is 0.888. The SMILES string of the molecule is Clc1ccc(-c2nnc(-c3ccccc3)o2)cc1Cl. The Kier molecular flexibility index (Phi) is 3.23. The van der Waals surface area contributed by atoms with E-state index in [9.17, 15) is 0 Å². The molecule has 94 valence electrons. The van der Waals surface area contributed by atoms with Crippen LogP contribution in [-0.4, -0.2) is 10.2 Å². The minimum atomic E-state index is 0.414. The molecule has 0 N–H and O–H groups in total. The van der Waals surface area contributed by atoms with Gasteiger partial charge in [-0.05, 0) is 30.3 Å². The zero-order valence-corrected chi connectivity index (χ0v) is 11.2. The average Bonchev–Trinajstić information content (AvgIpc) is 2.93. The van der Waals surface area contributed by atoms with Crippen LogP contribution in [0.4, 0.5) is 0 Å². The van der Waals surface area contributed by atoms with E-state index in [1.807, 2.05) is 30.3 Å². The second-order valence-electron chi connectivity index (χ2n) is 3.91. The van der Waals surface area contributed by atoms with Gasteiger partial charge in [-0.2, -0.15) is 0 Å². The van der Waals surface area contributed by atoms with Crippen molar-refractivity contribution in [2.45, 2.75) is 0 Å². The summed E-state index contributed by atoms with van der Waals surface area (Å²) in [6, 6.07) is 14.8. The number of hydrogen-bond donors (Lipinski definition) is 0. The molecule has 0 saturated carbocycles. The van der Waals surface area contributed by atoms with E-state index in [1.54, 1.807) is 18.2 Å². The molecular weight excluding hydrogens is 283 g/mol. The Morgan fingerprint density at radius 2 is 1.42 bits per heavy atom. The van der Waals surface area contributed by atoms with Crippen LogP contribution in [0, 0.1) is 0 Å². The third kappa shape index (κ3) is 2.48. The Hall–Kier alpha value is -1.84. The maximum Gasteiger partial charge on any atom is 0.248 e. The third-order valence-corrected chi connectivity index (χ3v) is 3.35. The molecule has 3 nitrogen and oxygen atoms in total. The maximum atomic E-state index is 5.97. The molecule has 19 heavy (non-hydrogen) atoms. The Bertz CT molecular complexity index is 710. The molecule has 0 spiro atoms. The molecule has 0 atom stereocenters. The quantitative estimate of drug-likeness (QED) is 0.686. The Balaban J connectivity index is 1.99. The van der Waals surface area contributed by atoms with Gasteiger partial charge in [-0.1, -0.05) is 41.4 Å². The molecule has 0 aliphatic rings. The first-order valence-corrected chi connectivity index (χ1v) is 6.34. The zero-order valence-electron chi connectivity index (χ0n) is 9.68. The second-order valence-corrected chi connectivity index (χ2v) is 4.72. The molecule has 0 unspecified atom stereocenters. The van der Waals surface area contributed by atoms with Crippen molar-refractivity contribution in [2.24, 2.45) is 0 Å². The fourth-order valence-corrected chi connectivity index (χ4v) is 1.96. The van der Waals surface area contributed by atoms with Gasteiger partial charge in [-0.25, -0.2) is 0 Å². The van der Waals surface area contributed by atoms with Crippen LogP contribution < -0.4 is 0 Å². The molecule has 3 rings (SSSR count). The van der Waals surface area contributed by atoms with Gasteiger partial charge >= 0.3 is 0 Å². The second kappa shape index (κ2) is 5.03. The monoisotopic (exact) mass is 290 g/mol. The van der Waals surface area contributed by atoms with Gasteiger partial charge in [0.25, 0.3) is 0 Å². The minimum Gasteiger partial charge on any atom is -0.416 e. The molecule has 1 heterocycles. The lowest BCUT2D eigenvalue weighted by atomic mass is 10.2. The van der Waals surface area contributed by atoms with Gasteiger partial charge < -0.3 is 4.42 Å². The predicted octanol–water partition coefficient (Wildman–Crippen LogP) is 4.71. The molecule has 0 aliphatic heterocycles. The number of nitrogens with zero attached hydrogens (tertiary/aromatic N) is 2. The van der Waals surface area contributed by atoms with E-state index in [1.165, 1.54) is 0 Å². The van der Waals surface area contributed by atoms with Crippen LogP contribution in [0.15, 0.2) is 52.9 Å². The highest BCUT2D eigenvalue weighted by Crippen LogP contribution is 2.29. The van der Waals surface area contributed by atoms with Gasteiger partial charge in [-0.15, -0.1) is 10.2 Å². The van der Waals surface area contributed by atoms with Crippen LogP contribution >= 0.6 is 23.2 Å². The van der Waals surface area contributed by atoms with Crippen molar-refractivity contribution < 1.29 is 4.42 Å². The molecule has 0 bridgehead atoms. The standard InChI is InChI=1S/C14H8Cl2N2O/c15-11-7-6-10(8-12(11)16)14-18-17-13(19-14)9-4-2-1-3-5-9/h1-8H. The van der Waals surface area contributed by atoms with Gasteiger partial charge in [0.1, 0.15) is 0 Å². The normalized spacial score (nSPS) is 10.6. The molecule has 5 heteroatoms. The smallest absolute Gasteiger partial charge is 0.248 e. The zero-order chi connectivity index (χ0) is 13.2. The van der Waals surface area contributed by atoms with Crippen molar-refractivity contribution in [1.82, 2.24) is 10.2 Å². The first-order chi connectivity index (χ1) is 9.24. The summed E-state index contributed by atoms with van der Waals surface area (Å²) in [5, 5.41) is 8.99. The summed E-state index contributed by atoms with van der Waals surface area (Å²) in [5.41, 5.74) is 1.62. The van der Waals surface area contributed by atoms with Crippen LogP contribution in [0.3, 0.4) is 0 Å². The van der Waals surface area contributed by atoms with E-state index in [0.717, 1.165) is 11.1 Å². The molecular formula is C14H8Cl2N2O. The van der Waals surface area contributed by atoms with Crippen molar-refractivity contribution in [3.8, 4) is 22.9 Å². The van der Waals surface area contributed by atoms with E-state index in [4.69, 9.17) is 27.6 Å². The molecule has 0 radical (unpaired) electrons. The number of hydrogen-bond acceptors (Lipinski definition) is 3.